The van der Waals surface area contributed by atoms with Gasteiger partial charge in [-0.2, -0.15) is 0 Å². The highest BCUT2D eigenvalue weighted by Crippen LogP contribution is 2.35. The highest BCUT2D eigenvalue weighted by atomic mass is 31.1. The smallest absolute Gasteiger partial charge is 0.196 e. The number of ether oxygens (including phenoxy) is 2. The van der Waals surface area contributed by atoms with E-state index in [0.29, 0.717) is 28.3 Å². The van der Waals surface area contributed by atoms with Gasteiger partial charge in [-0.05, 0) is 60.7 Å². The Kier molecular flexibility index (Phi) is 4.64. The average Bonchev–Trinajstić information content (AvgIpc) is 2.60. The van der Waals surface area contributed by atoms with Gasteiger partial charge in [0.25, 0.3) is 0 Å². The fourth-order valence-electron chi connectivity index (χ4n) is 2.03. The Morgan fingerprint density at radius 2 is 1.25 bits per heavy atom. The largest absolute Gasteiger partial charge is 0.508 e. The lowest BCUT2D eigenvalue weighted by atomic mass is 10.3. The number of hydrogen-bond acceptors (Lipinski definition) is 5. The fraction of sp³-hybridized carbons (Fsp3) is 0. The lowest BCUT2D eigenvalue weighted by Gasteiger charge is -2.13. The van der Waals surface area contributed by atoms with Crippen LogP contribution in [-0.4, -0.2) is 10.2 Å². The van der Waals surface area contributed by atoms with E-state index in [1.54, 1.807) is 42.5 Å². The molecule has 0 bridgehead atoms. The van der Waals surface area contributed by atoms with Gasteiger partial charge in [0.2, 0.25) is 0 Å². The zero-order valence-electron chi connectivity index (χ0n) is 12.4. The van der Waals surface area contributed by atoms with E-state index in [0.717, 1.165) is 0 Å². The first-order valence-corrected chi connectivity index (χ1v) is 7.87. The van der Waals surface area contributed by atoms with Crippen molar-refractivity contribution in [3.05, 3.63) is 66.7 Å². The lowest BCUT2D eigenvalue weighted by molar-refractivity contribution is 0.418. The summed E-state index contributed by atoms with van der Waals surface area (Å²) in [4.78, 5) is 0. The van der Waals surface area contributed by atoms with Crippen LogP contribution in [-0.2, 0) is 4.57 Å². The number of benzene rings is 3. The fourth-order valence-corrected chi connectivity index (χ4v) is 2.42. The van der Waals surface area contributed by atoms with Gasteiger partial charge in [-0.1, -0.05) is 6.07 Å². The quantitative estimate of drug-likeness (QED) is 0.664. The van der Waals surface area contributed by atoms with Gasteiger partial charge < -0.3 is 19.7 Å². The van der Waals surface area contributed by atoms with Crippen molar-refractivity contribution in [2.24, 2.45) is 0 Å². The monoisotopic (exact) mass is 340 g/mol. The minimum absolute atomic E-state index is 0.123. The summed E-state index contributed by atoms with van der Waals surface area (Å²) in [5.41, 5.74) is 0. The highest BCUT2D eigenvalue weighted by Gasteiger charge is 2.14. The van der Waals surface area contributed by atoms with Crippen molar-refractivity contribution in [2.75, 3.05) is 0 Å². The molecule has 6 heteroatoms. The molecule has 120 valence electrons. The molecule has 3 aromatic carbocycles. The van der Waals surface area contributed by atoms with Crippen LogP contribution in [0.3, 0.4) is 0 Å². The van der Waals surface area contributed by atoms with Crippen LogP contribution in [0.15, 0.2) is 66.7 Å². The molecule has 3 aromatic rings. The van der Waals surface area contributed by atoms with Crippen LogP contribution < -0.4 is 14.8 Å². The van der Waals surface area contributed by atoms with Crippen LogP contribution in [0.5, 0.6) is 34.5 Å². The van der Waals surface area contributed by atoms with Crippen molar-refractivity contribution in [1.82, 2.24) is 0 Å². The zero-order valence-corrected chi connectivity index (χ0v) is 13.3. The molecule has 0 aliphatic carbocycles. The molecule has 0 unspecified atom stereocenters. The Morgan fingerprint density at radius 3 is 1.79 bits per heavy atom. The highest BCUT2D eigenvalue weighted by molar-refractivity contribution is 7.34. The van der Waals surface area contributed by atoms with E-state index < -0.39 is 0 Å². The second kappa shape index (κ2) is 7.02. The first-order chi connectivity index (χ1) is 11.7. The number of aromatic hydroxyl groups is 2. The molecular formula is C18H13O5P. The molecular weight excluding hydrogens is 327 g/mol. The van der Waals surface area contributed by atoms with Crippen molar-refractivity contribution in [3.63, 3.8) is 0 Å². The maximum absolute atomic E-state index is 11.4. The molecule has 0 heterocycles. The molecule has 0 amide bonds. The number of phenols is 2. The Morgan fingerprint density at radius 1 is 0.708 bits per heavy atom. The first kappa shape index (κ1) is 15.8. The summed E-state index contributed by atoms with van der Waals surface area (Å²) in [6.07, 6.45) is 0. The summed E-state index contributed by atoms with van der Waals surface area (Å²) in [6.45, 7) is 0. The maximum Gasteiger partial charge on any atom is 0.196 e. The van der Waals surface area contributed by atoms with E-state index >= 15 is 0 Å². The minimum atomic E-state index is -0.205. The number of hydrogen-bond donors (Lipinski definition) is 2. The van der Waals surface area contributed by atoms with E-state index in [9.17, 15) is 14.8 Å². The van der Waals surface area contributed by atoms with Crippen LogP contribution >= 0.6 is 8.46 Å². The summed E-state index contributed by atoms with van der Waals surface area (Å²) in [7, 11) is -0.205. The molecule has 24 heavy (non-hydrogen) atoms. The van der Waals surface area contributed by atoms with E-state index in [-0.39, 0.29) is 20.0 Å². The second-order valence-corrected chi connectivity index (χ2v) is 5.55. The third kappa shape index (κ3) is 3.65. The summed E-state index contributed by atoms with van der Waals surface area (Å²) in [6, 6.07) is 17.5. The molecule has 2 N–H and O–H groups in total. The molecule has 3 rings (SSSR count). The van der Waals surface area contributed by atoms with Gasteiger partial charge in [-0.3, -0.25) is 4.57 Å². The van der Waals surface area contributed by atoms with E-state index in [2.05, 4.69) is 0 Å². The van der Waals surface area contributed by atoms with Gasteiger partial charge in [0.05, 0.1) is 5.30 Å². The standard InChI is InChI=1S/C18H13O5P/c19-12-4-8-14(9-5-12)22-16-2-1-3-17(24-21)18(16)23-15-10-6-13(20)7-11-15/h1-11,19-20H. The average molecular weight is 340 g/mol. The number of rotatable bonds is 5. The predicted molar refractivity (Wildman–Crippen MR) is 90.0 cm³/mol. The molecule has 0 aliphatic heterocycles. The van der Waals surface area contributed by atoms with Crippen LogP contribution in [0, 0.1) is 0 Å². The molecule has 0 aromatic heterocycles. The van der Waals surface area contributed by atoms with E-state index in [4.69, 9.17) is 9.47 Å². The first-order valence-electron chi connectivity index (χ1n) is 7.06. The van der Waals surface area contributed by atoms with Gasteiger partial charge in [-0.25, -0.2) is 0 Å². The third-order valence-electron chi connectivity index (χ3n) is 3.18. The molecule has 5 nitrogen and oxygen atoms in total. The molecule has 0 saturated carbocycles. The van der Waals surface area contributed by atoms with Crippen molar-refractivity contribution in [1.29, 1.82) is 0 Å². The van der Waals surface area contributed by atoms with Gasteiger partial charge in [0.1, 0.15) is 23.0 Å². The minimum Gasteiger partial charge on any atom is -0.508 e. The molecule has 0 spiro atoms. The van der Waals surface area contributed by atoms with Crippen LogP contribution in [0.1, 0.15) is 0 Å². The molecule has 0 fully saturated rings. The number of phenolic OH excluding ortho intramolecular Hbond substituents is 2. The molecule has 0 aliphatic rings. The van der Waals surface area contributed by atoms with Crippen molar-refractivity contribution in [3.8, 4) is 34.5 Å². The zero-order chi connectivity index (χ0) is 16.9. The van der Waals surface area contributed by atoms with Crippen LogP contribution in [0.4, 0.5) is 0 Å². The Labute approximate surface area is 139 Å². The molecule has 0 saturated heterocycles. The van der Waals surface area contributed by atoms with Gasteiger partial charge in [0, 0.05) is 0 Å². The van der Waals surface area contributed by atoms with Crippen LogP contribution in [0.25, 0.3) is 0 Å². The topological polar surface area (TPSA) is 76.0 Å². The Balaban J connectivity index is 1.95. The lowest BCUT2D eigenvalue weighted by Crippen LogP contribution is -2.01. The number of para-hydroxylation sites is 1. The van der Waals surface area contributed by atoms with Crippen molar-refractivity contribution < 1.29 is 24.3 Å². The van der Waals surface area contributed by atoms with E-state index in [1.165, 1.54) is 24.3 Å². The summed E-state index contributed by atoms with van der Waals surface area (Å²) < 4.78 is 23.0. The maximum atomic E-state index is 11.4. The second-order valence-electron chi connectivity index (χ2n) is 4.89. The van der Waals surface area contributed by atoms with Crippen LogP contribution in [0.2, 0.25) is 0 Å². The van der Waals surface area contributed by atoms with Gasteiger partial charge in [-0.15, -0.1) is 0 Å². The Bertz CT molecular complexity index is 844. The predicted octanol–water partition coefficient (Wildman–Crippen LogP) is 4.60. The van der Waals surface area contributed by atoms with Gasteiger partial charge in [0.15, 0.2) is 20.0 Å². The van der Waals surface area contributed by atoms with Gasteiger partial charge >= 0.3 is 0 Å². The molecule has 0 radical (unpaired) electrons. The normalized spacial score (nSPS) is 10.5. The summed E-state index contributed by atoms with van der Waals surface area (Å²) >= 11 is 0. The summed E-state index contributed by atoms with van der Waals surface area (Å²) in [5.74, 6) is 1.93. The van der Waals surface area contributed by atoms with Crippen molar-refractivity contribution in [2.45, 2.75) is 0 Å². The third-order valence-corrected chi connectivity index (χ3v) is 3.73. The van der Waals surface area contributed by atoms with E-state index in [1.807, 2.05) is 0 Å². The SMILES string of the molecule is O=Pc1cccc(Oc2ccc(O)cc2)c1Oc1ccc(O)cc1. The molecule has 0 atom stereocenters. The summed E-state index contributed by atoms with van der Waals surface area (Å²) in [5, 5.41) is 19.1. The van der Waals surface area contributed by atoms with Crippen molar-refractivity contribution >= 4 is 13.8 Å². The Hall–Kier alpha value is -3.04.